The van der Waals surface area contributed by atoms with Gasteiger partial charge in [0, 0.05) is 19.2 Å². The maximum atomic E-state index is 10.0. The minimum Gasteiger partial charge on any atom is -0.388 e. The third kappa shape index (κ3) is 2.49. The van der Waals surface area contributed by atoms with Gasteiger partial charge < -0.3 is 5.11 Å². The quantitative estimate of drug-likeness (QED) is 0.850. The van der Waals surface area contributed by atoms with E-state index in [0.717, 1.165) is 17.7 Å². The molecule has 0 aliphatic rings. The van der Waals surface area contributed by atoms with Crippen molar-refractivity contribution >= 4 is 0 Å². The zero-order valence-electron chi connectivity index (χ0n) is 9.37. The first kappa shape index (κ1) is 10.9. The molecule has 2 rings (SSSR count). The van der Waals surface area contributed by atoms with Crippen molar-refractivity contribution in [3.05, 3.63) is 53.9 Å². The van der Waals surface area contributed by atoms with Crippen molar-refractivity contribution in [3.8, 4) is 0 Å². The Morgan fingerprint density at radius 2 is 2.06 bits per heavy atom. The van der Waals surface area contributed by atoms with Crippen molar-refractivity contribution in [1.29, 1.82) is 0 Å². The maximum absolute atomic E-state index is 10.0. The molecule has 3 heteroatoms. The Hall–Kier alpha value is -1.61. The molecular weight excluding hydrogens is 200 g/mol. The summed E-state index contributed by atoms with van der Waals surface area (Å²) in [7, 11) is 0. The molecule has 0 saturated carbocycles. The van der Waals surface area contributed by atoms with Gasteiger partial charge >= 0.3 is 0 Å². The van der Waals surface area contributed by atoms with E-state index in [4.69, 9.17) is 0 Å². The van der Waals surface area contributed by atoms with Crippen LogP contribution in [0.25, 0.3) is 0 Å². The van der Waals surface area contributed by atoms with Gasteiger partial charge in [0.15, 0.2) is 0 Å². The summed E-state index contributed by atoms with van der Waals surface area (Å²) >= 11 is 0. The Labute approximate surface area is 95.3 Å². The van der Waals surface area contributed by atoms with Gasteiger partial charge in [-0.05, 0) is 18.1 Å². The summed E-state index contributed by atoms with van der Waals surface area (Å²) in [6.07, 6.45) is 3.96. The summed E-state index contributed by atoms with van der Waals surface area (Å²) < 4.78 is 1.87. The van der Waals surface area contributed by atoms with Gasteiger partial charge in [-0.25, -0.2) is 0 Å². The molecule has 0 bridgehead atoms. The lowest BCUT2D eigenvalue weighted by Crippen LogP contribution is -2.00. The number of aliphatic hydroxyl groups is 1. The van der Waals surface area contributed by atoms with Crippen LogP contribution in [0.5, 0.6) is 0 Å². The molecule has 0 spiro atoms. The number of rotatable bonds is 4. The number of hydrogen-bond donors (Lipinski definition) is 1. The Kier molecular flexibility index (Phi) is 3.37. The Morgan fingerprint density at radius 3 is 2.69 bits per heavy atom. The lowest BCUT2D eigenvalue weighted by atomic mass is 10.0. The second kappa shape index (κ2) is 4.94. The number of hydrogen-bond acceptors (Lipinski definition) is 2. The lowest BCUT2D eigenvalue weighted by molar-refractivity contribution is 0.178. The Morgan fingerprint density at radius 1 is 1.31 bits per heavy atom. The molecule has 1 N–H and O–H groups in total. The lowest BCUT2D eigenvalue weighted by Gasteiger charge is -2.08. The van der Waals surface area contributed by atoms with E-state index in [2.05, 4.69) is 5.10 Å². The highest BCUT2D eigenvalue weighted by molar-refractivity contribution is 5.19. The van der Waals surface area contributed by atoms with Gasteiger partial charge in [0.1, 0.15) is 0 Å². The highest BCUT2D eigenvalue weighted by Crippen LogP contribution is 2.17. The van der Waals surface area contributed by atoms with Crippen LogP contribution in [0.1, 0.15) is 24.2 Å². The average molecular weight is 216 g/mol. The summed E-state index contributed by atoms with van der Waals surface area (Å²) in [6.45, 7) is 2.91. The van der Waals surface area contributed by atoms with Crippen LogP contribution in [-0.4, -0.2) is 14.9 Å². The summed E-state index contributed by atoms with van der Waals surface area (Å²) in [5.41, 5.74) is 2.02. The molecule has 1 aromatic heterocycles. The minimum absolute atomic E-state index is 0.448. The minimum atomic E-state index is -0.448. The van der Waals surface area contributed by atoms with Crippen molar-refractivity contribution in [3.63, 3.8) is 0 Å². The van der Waals surface area contributed by atoms with Crippen molar-refractivity contribution in [2.24, 2.45) is 0 Å². The third-order valence-electron chi connectivity index (χ3n) is 2.62. The van der Waals surface area contributed by atoms with Gasteiger partial charge in [0.05, 0.1) is 12.3 Å². The van der Waals surface area contributed by atoms with Crippen LogP contribution in [0, 0.1) is 0 Å². The van der Waals surface area contributed by atoms with Gasteiger partial charge in [0.25, 0.3) is 0 Å². The number of aromatic nitrogens is 2. The molecule has 0 fully saturated rings. The normalized spacial score (nSPS) is 12.6. The van der Waals surface area contributed by atoms with Crippen molar-refractivity contribution in [1.82, 2.24) is 9.78 Å². The van der Waals surface area contributed by atoms with E-state index in [1.54, 1.807) is 0 Å². The topological polar surface area (TPSA) is 38.0 Å². The molecule has 1 unspecified atom stereocenters. The summed E-state index contributed by atoms with van der Waals surface area (Å²) in [4.78, 5) is 0. The number of aliphatic hydroxyl groups excluding tert-OH is 1. The zero-order valence-corrected chi connectivity index (χ0v) is 9.37. The highest BCUT2D eigenvalue weighted by Gasteiger charge is 2.09. The molecule has 0 aliphatic carbocycles. The van der Waals surface area contributed by atoms with Gasteiger partial charge in [-0.1, -0.05) is 30.3 Å². The second-order valence-electron chi connectivity index (χ2n) is 3.83. The predicted octanol–water partition coefficient (Wildman–Crippen LogP) is 2.18. The molecule has 3 nitrogen and oxygen atoms in total. The monoisotopic (exact) mass is 216 g/mol. The molecule has 0 saturated heterocycles. The average Bonchev–Trinajstić information content (AvgIpc) is 2.78. The standard InChI is InChI=1S/C13H16N2O/c1-2-15-10-11(9-14-15)8-13(16)12-6-4-3-5-7-12/h3-7,9-10,13,16H,2,8H2,1H3. The van der Waals surface area contributed by atoms with Gasteiger partial charge in [0.2, 0.25) is 0 Å². The third-order valence-corrected chi connectivity index (χ3v) is 2.62. The van der Waals surface area contributed by atoms with Gasteiger partial charge in [-0.2, -0.15) is 5.10 Å². The van der Waals surface area contributed by atoms with Crippen molar-refractivity contribution in [2.45, 2.75) is 26.0 Å². The molecule has 84 valence electrons. The van der Waals surface area contributed by atoms with E-state index in [0.29, 0.717) is 6.42 Å². The largest absolute Gasteiger partial charge is 0.388 e. The van der Waals surface area contributed by atoms with Crippen LogP contribution < -0.4 is 0 Å². The van der Waals surface area contributed by atoms with E-state index in [1.165, 1.54) is 0 Å². The fourth-order valence-electron chi connectivity index (χ4n) is 1.70. The Bertz CT molecular complexity index is 436. The van der Waals surface area contributed by atoms with E-state index < -0.39 is 6.10 Å². The van der Waals surface area contributed by atoms with Crippen molar-refractivity contribution in [2.75, 3.05) is 0 Å². The molecule has 0 amide bonds. The molecule has 1 aromatic carbocycles. The van der Waals surface area contributed by atoms with Crippen LogP contribution >= 0.6 is 0 Å². The highest BCUT2D eigenvalue weighted by atomic mass is 16.3. The maximum Gasteiger partial charge on any atom is 0.0831 e. The second-order valence-corrected chi connectivity index (χ2v) is 3.83. The summed E-state index contributed by atoms with van der Waals surface area (Å²) in [6, 6.07) is 9.71. The number of aryl methyl sites for hydroxylation is 1. The van der Waals surface area contributed by atoms with Crippen LogP contribution in [0.4, 0.5) is 0 Å². The number of benzene rings is 1. The first-order chi connectivity index (χ1) is 7.79. The summed E-state index contributed by atoms with van der Waals surface area (Å²) in [5.74, 6) is 0. The van der Waals surface area contributed by atoms with Crippen LogP contribution in [0.2, 0.25) is 0 Å². The fourth-order valence-corrected chi connectivity index (χ4v) is 1.70. The number of nitrogens with zero attached hydrogens (tertiary/aromatic N) is 2. The van der Waals surface area contributed by atoms with Gasteiger partial charge in [-0.3, -0.25) is 4.68 Å². The molecule has 0 aliphatic heterocycles. The molecule has 0 radical (unpaired) electrons. The Balaban J connectivity index is 2.05. The summed E-state index contributed by atoms with van der Waals surface area (Å²) in [5, 5.41) is 14.2. The van der Waals surface area contributed by atoms with E-state index >= 15 is 0 Å². The predicted molar refractivity (Wildman–Crippen MR) is 63.0 cm³/mol. The van der Waals surface area contributed by atoms with E-state index in [1.807, 2.05) is 54.3 Å². The first-order valence-electron chi connectivity index (χ1n) is 5.54. The van der Waals surface area contributed by atoms with Crippen LogP contribution in [0.15, 0.2) is 42.7 Å². The SMILES string of the molecule is CCn1cc(CC(O)c2ccccc2)cn1. The van der Waals surface area contributed by atoms with Crippen LogP contribution in [-0.2, 0) is 13.0 Å². The molecule has 2 aromatic rings. The molecule has 1 heterocycles. The fraction of sp³-hybridized carbons (Fsp3) is 0.308. The smallest absolute Gasteiger partial charge is 0.0831 e. The first-order valence-corrected chi connectivity index (χ1v) is 5.54. The van der Waals surface area contributed by atoms with Gasteiger partial charge in [-0.15, -0.1) is 0 Å². The van der Waals surface area contributed by atoms with E-state index in [9.17, 15) is 5.11 Å². The van der Waals surface area contributed by atoms with E-state index in [-0.39, 0.29) is 0 Å². The van der Waals surface area contributed by atoms with Crippen molar-refractivity contribution < 1.29 is 5.11 Å². The zero-order chi connectivity index (χ0) is 11.4. The molecular formula is C13H16N2O. The molecule has 16 heavy (non-hydrogen) atoms. The van der Waals surface area contributed by atoms with Crippen LogP contribution in [0.3, 0.4) is 0 Å². The molecule has 1 atom stereocenters.